The maximum absolute atomic E-state index is 6.23. The lowest BCUT2D eigenvalue weighted by Gasteiger charge is -2.35. The molecule has 0 aromatic carbocycles. The van der Waals surface area contributed by atoms with Crippen LogP contribution in [0.15, 0.2) is 23.5 Å². The van der Waals surface area contributed by atoms with Gasteiger partial charge in [0.25, 0.3) is 0 Å². The van der Waals surface area contributed by atoms with Crippen molar-refractivity contribution in [1.29, 1.82) is 0 Å². The largest absolute Gasteiger partial charge is 0.370 e. The van der Waals surface area contributed by atoms with Crippen molar-refractivity contribution in [3.05, 3.63) is 18.5 Å². The maximum atomic E-state index is 6.23. The predicted octanol–water partition coefficient (Wildman–Crippen LogP) is 1.97. The predicted molar refractivity (Wildman–Crippen MR) is 107 cm³/mol. The molecule has 24 heavy (non-hydrogen) atoms. The molecule has 7 heteroatoms. The summed E-state index contributed by atoms with van der Waals surface area (Å²) in [7, 11) is 0. The Morgan fingerprint density at radius 2 is 1.88 bits per heavy atom. The Hall–Kier alpha value is -1.12. The van der Waals surface area contributed by atoms with Gasteiger partial charge in [0.15, 0.2) is 5.96 Å². The summed E-state index contributed by atoms with van der Waals surface area (Å²) in [5.74, 6) is 4.22. The zero-order valence-electron chi connectivity index (χ0n) is 14.0. The highest BCUT2D eigenvalue weighted by Gasteiger charge is 2.39. The number of aromatic nitrogens is 2. The monoisotopic (exact) mass is 442 g/mol. The highest BCUT2D eigenvalue weighted by atomic mass is 127. The summed E-state index contributed by atoms with van der Waals surface area (Å²) in [5.41, 5.74) is 6.23. The van der Waals surface area contributed by atoms with Gasteiger partial charge >= 0.3 is 0 Å². The summed E-state index contributed by atoms with van der Waals surface area (Å²) in [6.45, 7) is 4.51. The third-order valence-corrected chi connectivity index (χ3v) is 5.81. The quantitative estimate of drug-likeness (QED) is 0.441. The van der Waals surface area contributed by atoms with Gasteiger partial charge in [-0.25, -0.2) is 9.97 Å². The van der Waals surface area contributed by atoms with Gasteiger partial charge in [-0.2, -0.15) is 0 Å². The van der Waals surface area contributed by atoms with Crippen LogP contribution in [0.3, 0.4) is 0 Å². The second kappa shape index (κ2) is 7.84. The standard InChI is InChI=1S/C17H26N6.HI/c18-16(21-12-15-11-13-2-3-14(15)10-13)22-6-8-23(9-7-22)17-19-4-1-5-20-17;/h1,4-5,13-15H,2-3,6-12H2,(H2,18,21);1H. The number of anilines is 1. The molecule has 3 aliphatic rings. The minimum atomic E-state index is 0. The van der Waals surface area contributed by atoms with Gasteiger partial charge in [-0.15, -0.1) is 24.0 Å². The topological polar surface area (TPSA) is 70.6 Å². The number of nitrogens with zero attached hydrogens (tertiary/aromatic N) is 5. The molecule has 3 fully saturated rings. The van der Waals surface area contributed by atoms with Gasteiger partial charge in [0.05, 0.1) is 0 Å². The summed E-state index contributed by atoms with van der Waals surface area (Å²) in [6, 6.07) is 1.85. The molecule has 4 rings (SSSR count). The average molecular weight is 442 g/mol. The van der Waals surface area contributed by atoms with E-state index in [4.69, 9.17) is 10.7 Å². The van der Waals surface area contributed by atoms with Crippen molar-refractivity contribution in [3.8, 4) is 0 Å². The molecule has 2 saturated carbocycles. The number of rotatable bonds is 3. The Bertz CT molecular complexity index is 557. The van der Waals surface area contributed by atoms with Crippen molar-refractivity contribution in [2.24, 2.45) is 28.5 Å². The zero-order valence-corrected chi connectivity index (χ0v) is 16.4. The summed E-state index contributed by atoms with van der Waals surface area (Å²) in [4.78, 5) is 17.8. The van der Waals surface area contributed by atoms with Crippen molar-refractivity contribution >= 4 is 35.9 Å². The first-order chi connectivity index (χ1) is 11.3. The number of hydrogen-bond donors (Lipinski definition) is 1. The fourth-order valence-corrected chi connectivity index (χ4v) is 4.50. The Morgan fingerprint density at radius 3 is 2.50 bits per heavy atom. The smallest absolute Gasteiger partial charge is 0.225 e. The van der Waals surface area contributed by atoms with Crippen LogP contribution in [0.5, 0.6) is 0 Å². The maximum Gasteiger partial charge on any atom is 0.225 e. The van der Waals surface area contributed by atoms with Crippen molar-refractivity contribution in [1.82, 2.24) is 14.9 Å². The number of nitrogens with two attached hydrogens (primary N) is 1. The lowest BCUT2D eigenvalue weighted by Crippen LogP contribution is -2.51. The minimum Gasteiger partial charge on any atom is -0.370 e. The second-order valence-corrected chi connectivity index (χ2v) is 7.16. The van der Waals surface area contributed by atoms with Crippen LogP contribution in [0.1, 0.15) is 25.7 Å². The molecular weight excluding hydrogens is 415 g/mol. The van der Waals surface area contributed by atoms with E-state index in [9.17, 15) is 0 Å². The van der Waals surface area contributed by atoms with Gasteiger partial charge in [-0.3, -0.25) is 4.99 Å². The normalized spacial score (nSPS) is 29.7. The fourth-order valence-electron chi connectivity index (χ4n) is 4.50. The van der Waals surface area contributed by atoms with E-state index < -0.39 is 0 Å². The molecule has 2 N–H and O–H groups in total. The number of fused-ring (bicyclic) bond motifs is 2. The van der Waals surface area contributed by atoms with Crippen LogP contribution in [-0.4, -0.2) is 53.6 Å². The Kier molecular flexibility index (Phi) is 5.78. The third kappa shape index (κ3) is 3.75. The van der Waals surface area contributed by atoms with Crippen LogP contribution in [0.4, 0.5) is 5.95 Å². The van der Waals surface area contributed by atoms with Crippen LogP contribution in [-0.2, 0) is 0 Å². The Labute approximate surface area is 160 Å². The Balaban J connectivity index is 0.00000169. The number of piperazine rings is 1. The summed E-state index contributed by atoms with van der Waals surface area (Å²) < 4.78 is 0. The highest BCUT2D eigenvalue weighted by Crippen LogP contribution is 2.48. The minimum absolute atomic E-state index is 0. The van der Waals surface area contributed by atoms with E-state index in [2.05, 4.69) is 19.8 Å². The summed E-state index contributed by atoms with van der Waals surface area (Å²) in [5, 5.41) is 0. The highest BCUT2D eigenvalue weighted by molar-refractivity contribution is 14.0. The second-order valence-electron chi connectivity index (χ2n) is 7.16. The van der Waals surface area contributed by atoms with Crippen molar-refractivity contribution < 1.29 is 0 Å². The van der Waals surface area contributed by atoms with E-state index in [0.717, 1.165) is 62.4 Å². The molecule has 0 amide bonds. The van der Waals surface area contributed by atoms with Crippen molar-refractivity contribution in [2.75, 3.05) is 37.6 Å². The van der Waals surface area contributed by atoms with E-state index in [1.165, 1.54) is 25.7 Å². The molecule has 3 unspecified atom stereocenters. The molecule has 0 radical (unpaired) electrons. The van der Waals surface area contributed by atoms with E-state index in [0.29, 0.717) is 0 Å². The molecule has 2 bridgehead atoms. The lowest BCUT2D eigenvalue weighted by atomic mass is 9.89. The van der Waals surface area contributed by atoms with E-state index in [1.54, 1.807) is 12.4 Å². The molecule has 0 spiro atoms. The zero-order chi connectivity index (χ0) is 15.6. The molecule has 132 valence electrons. The molecule has 1 aliphatic heterocycles. The van der Waals surface area contributed by atoms with Crippen LogP contribution >= 0.6 is 24.0 Å². The summed E-state index contributed by atoms with van der Waals surface area (Å²) >= 11 is 0. The number of hydrogen-bond acceptors (Lipinski definition) is 4. The fraction of sp³-hybridized carbons (Fsp3) is 0.706. The SMILES string of the molecule is I.NC(=NCC1CC2CCC1C2)N1CCN(c2ncccn2)CC1. The van der Waals surface area contributed by atoms with E-state index in [1.807, 2.05) is 6.07 Å². The number of halogens is 1. The van der Waals surface area contributed by atoms with Crippen LogP contribution in [0, 0.1) is 17.8 Å². The molecule has 6 nitrogen and oxygen atoms in total. The summed E-state index contributed by atoms with van der Waals surface area (Å²) in [6.07, 6.45) is 9.26. The molecule has 1 saturated heterocycles. The lowest BCUT2D eigenvalue weighted by molar-refractivity contribution is 0.336. The van der Waals surface area contributed by atoms with Crippen molar-refractivity contribution in [2.45, 2.75) is 25.7 Å². The molecule has 1 aromatic heterocycles. The molecule has 2 aliphatic carbocycles. The van der Waals surface area contributed by atoms with E-state index in [-0.39, 0.29) is 24.0 Å². The van der Waals surface area contributed by atoms with Gasteiger partial charge in [0, 0.05) is 45.1 Å². The van der Waals surface area contributed by atoms with Crippen LogP contribution in [0.25, 0.3) is 0 Å². The van der Waals surface area contributed by atoms with Crippen molar-refractivity contribution in [3.63, 3.8) is 0 Å². The van der Waals surface area contributed by atoms with Gasteiger partial charge in [-0.05, 0) is 43.1 Å². The molecule has 3 atom stereocenters. The molecule has 2 heterocycles. The number of aliphatic imine (C=N–C) groups is 1. The Morgan fingerprint density at radius 1 is 1.12 bits per heavy atom. The van der Waals surface area contributed by atoms with Crippen LogP contribution in [0.2, 0.25) is 0 Å². The first-order valence-electron chi connectivity index (χ1n) is 8.86. The van der Waals surface area contributed by atoms with Gasteiger partial charge in [-0.1, -0.05) is 6.42 Å². The van der Waals surface area contributed by atoms with E-state index >= 15 is 0 Å². The van der Waals surface area contributed by atoms with Gasteiger partial charge in [0.1, 0.15) is 0 Å². The first-order valence-corrected chi connectivity index (χ1v) is 8.86. The molecular formula is C17H27IN6. The van der Waals surface area contributed by atoms with Gasteiger partial charge < -0.3 is 15.5 Å². The first kappa shape index (κ1) is 17.7. The third-order valence-electron chi connectivity index (χ3n) is 5.81. The number of guanidine groups is 1. The van der Waals surface area contributed by atoms with Crippen LogP contribution < -0.4 is 10.6 Å². The average Bonchev–Trinajstić information content (AvgIpc) is 3.24. The molecule has 1 aromatic rings. The van der Waals surface area contributed by atoms with Gasteiger partial charge in [0.2, 0.25) is 5.95 Å².